The van der Waals surface area contributed by atoms with Crippen molar-refractivity contribution in [1.82, 2.24) is 5.32 Å². The molecule has 0 aliphatic heterocycles. The molecule has 0 saturated carbocycles. The van der Waals surface area contributed by atoms with E-state index in [2.05, 4.69) is 5.32 Å². The number of halogens is 3. The second-order valence-corrected chi connectivity index (χ2v) is 3.52. The van der Waals surface area contributed by atoms with Crippen molar-refractivity contribution < 1.29 is 23.1 Å². The van der Waals surface area contributed by atoms with Crippen LogP contribution in [0.5, 0.6) is 0 Å². The highest BCUT2D eigenvalue weighted by Crippen LogP contribution is 2.29. The Hall–Kier alpha value is -1.56. The second-order valence-electron chi connectivity index (χ2n) is 3.52. The van der Waals surface area contributed by atoms with Crippen LogP contribution in [0, 0.1) is 0 Å². The molecule has 0 bridgehead atoms. The Morgan fingerprint density at radius 3 is 2.65 bits per heavy atom. The van der Waals surface area contributed by atoms with E-state index in [1.807, 2.05) is 0 Å². The van der Waals surface area contributed by atoms with Gasteiger partial charge in [-0.05, 0) is 11.6 Å². The van der Waals surface area contributed by atoms with Gasteiger partial charge in [0.05, 0.1) is 12.0 Å². The Bertz CT molecular complexity index is 391. The Labute approximate surface area is 96.3 Å². The smallest absolute Gasteiger partial charge is 0.416 e. The number of carboxylic acids is 1. The highest BCUT2D eigenvalue weighted by atomic mass is 19.4. The van der Waals surface area contributed by atoms with Gasteiger partial charge in [0.15, 0.2) is 0 Å². The summed E-state index contributed by atoms with van der Waals surface area (Å²) in [4.78, 5) is 10.2. The maximum atomic E-state index is 12.4. The lowest BCUT2D eigenvalue weighted by Gasteiger charge is -2.09. The third-order valence-corrected chi connectivity index (χ3v) is 2.10. The number of hydrogen-bond donors (Lipinski definition) is 2. The standard InChI is InChI=1S/C11H12F3NO2/c12-11(13,14)9-3-1-2-8(6-9)7-15-5-4-10(16)17/h1-3,6,15H,4-5,7H2,(H,16,17). The molecule has 0 radical (unpaired) electrons. The average Bonchev–Trinajstić information content (AvgIpc) is 2.23. The molecule has 0 fully saturated rings. The van der Waals surface area contributed by atoms with E-state index in [-0.39, 0.29) is 19.5 Å². The summed E-state index contributed by atoms with van der Waals surface area (Å²) >= 11 is 0. The van der Waals surface area contributed by atoms with Crippen LogP contribution in [0.4, 0.5) is 13.2 Å². The van der Waals surface area contributed by atoms with Crippen LogP contribution in [0.1, 0.15) is 17.5 Å². The van der Waals surface area contributed by atoms with Gasteiger partial charge in [-0.2, -0.15) is 13.2 Å². The fourth-order valence-corrected chi connectivity index (χ4v) is 1.29. The minimum Gasteiger partial charge on any atom is -0.481 e. The number of rotatable bonds is 5. The highest BCUT2D eigenvalue weighted by molar-refractivity contribution is 5.66. The molecule has 94 valence electrons. The molecule has 0 saturated heterocycles. The van der Waals surface area contributed by atoms with Crippen molar-refractivity contribution in [3.63, 3.8) is 0 Å². The normalized spacial score (nSPS) is 11.5. The first kappa shape index (κ1) is 13.5. The third-order valence-electron chi connectivity index (χ3n) is 2.10. The van der Waals surface area contributed by atoms with Crippen molar-refractivity contribution in [3.05, 3.63) is 35.4 Å². The molecule has 0 aromatic heterocycles. The zero-order chi connectivity index (χ0) is 12.9. The highest BCUT2D eigenvalue weighted by Gasteiger charge is 2.30. The van der Waals surface area contributed by atoms with Gasteiger partial charge in [0.2, 0.25) is 0 Å². The van der Waals surface area contributed by atoms with Gasteiger partial charge >= 0.3 is 12.1 Å². The van der Waals surface area contributed by atoms with Gasteiger partial charge in [0.1, 0.15) is 0 Å². The monoisotopic (exact) mass is 247 g/mol. The molecule has 0 amide bonds. The number of carboxylic acid groups (broad SMARTS) is 1. The molecule has 1 aromatic carbocycles. The van der Waals surface area contributed by atoms with Crippen LogP contribution in [-0.4, -0.2) is 17.6 Å². The van der Waals surface area contributed by atoms with Crippen LogP contribution in [0.25, 0.3) is 0 Å². The fourth-order valence-electron chi connectivity index (χ4n) is 1.29. The summed E-state index contributed by atoms with van der Waals surface area (Å²) < 4.78 is 37.1. The Kier molecular flexibility index (Phi) is 4.51. The van der Waals surface area contributed by atoms with Gasteiger partial charge in [0, 0.05) is 13.1 Å². The summed E-state index contributed by atoms with van der Waals surface area (Å²) in [6.45, 7) is 0.447. The number of benzene rings is 1. The number of hydrogen-bond acceptors (Lipinski definition) is 2. The molecule has 0 spiro atoms. The maximum Gasteiger partial charge on any atom is 0.416 e. The number of carbonyl (C=O) groups is 1. The van der Waals surface area contributed by atoms with E-state index < -0.39 is 17.7 Å². The summed E-state index contributed by atoms with van der Waals surface area (Å²) in [6, 6.07) is 4.94. The quantitative estimate of drug-likeness (QED) is 0.785. The fraction of sp³-hybridized carbons (Fsp3) is 0.364. The topological polar surface area (TPSA) is 49.3 Å². The van der Waals surface area contributed by atoms with Crippen molar-refractivity contribution in [1.29, 1.82) is 0 Å². The zero-order valence-electron chi connectivity index (χ0n) is 8.92. The van der Waals surface area contributed by atoms with Crippen molar-refractivity contribution >= 4 is 5.97 Å². The Morgan fingerprint density at radius 1 is 1.35 bits per heavy atom. The van der Waals surface area contributed by atoms with E-state index >= 15 is 0 Å². The van der Waals surface area contributed by atoms with Crippen LogP contribution in [0.2, 0.25) is 0 Å². The van der Waals surface area contributed by atoms with Crippen LogP contribution >= 0.6 is 0 Å². The van der Waals surface area contributed by atoms with E-state index in [1.54, 1.807) is 6.07 Å². The van der Waals surface area contributed by atoms with Gasteiger partial charge < -0.3 is 10.4 Å². The lowest BCUT2D eigenvalue weighted by atomic mass is 10.1. The Morgan fingerprint density at radius 2 is 2.06 bits per heavy atom. The van der Waals surface area contributed by atoms with Crippen LogP contribution < -0.4 is 5.32 Å². The molecule has 1 rings (SSSR count). The molecule has 0 heterocycles. The van der Waals surface area contributed by atoms with Gasteiger partial charge in [0.25, 0.3) is 0 Å². The summed E-state index contributed by atoms with van der Waals surface area (Å²) in [7, 11) is 0. The molecule has 0 atom stereocenters. The summed E-state index contributed by atoms with van der Waals surface area (Å²) in [5, 5.41) is 11.1. The van der Waals surface area contributed by atoms with E-state index in [4.69, 9.17) is 5.11 Å². The van der Waals surface area contributed by atoms with Crippen molar-refractivity contribution in [2.75, 3.05) is 6.54 Å². The van der Waals surface area contributed by atoms with Crippen LogP contribution in [0.3, 0.4) is 0 Å². The lowest BCUT2D eigenvalue weighted by Crippen LogP contribution is -2.18. The van der Waals surface area contributed by atoms with Crippen molar-refractivity contribution in [2.24, 2.45) is 0 Å². The zero-order valence-corrected chi connectivity index (χ0v) is 8.92. The molecule has 0 aliphatic rings. The molecule has 2 N–H and O–H groups in total. The lowest BCUT2D eigenvalue weighted by molar-refractivity contribution is -0.138. The molecular formula is C11H12F3NO2. The predicted octanol–water partition coefficient (Wildman–Crippen LogP) is 2.27. The minimum atomic E-state index is -4.35. The van der Waals surface area contributed by atoms with Gasteiger partial charge in [-0.25, -0.2) is 0 Å². The maximum absolute atomic E-state index is 12.4. The molecule has 17 heavy (non-hydrogen) atoms. The van der Waals surface area contributed by atoms with Crippen molar-refractivity contribution in [3.8, 4) is 0 Å². The van der Waals surface area contributed by atoms with Gasteiger partial charge in [-0.3, -0.25) is 4.79 Å². The number of aliphatic carboxylic acids is 1. The minimum absolute atomic E-state index is 0.0566. The summed E-state index contributed by atoms with van der Waals surface area (Å²) in [6.07, 6.45) is -4.41. The van der Waals surface area contributed by atoms with Crippen LogP contribution in [-0.2, 0) is 17.5 Å². The summed E-state index contributed by atoms with van der Waals surface area (Å²) in [5.41, 5.74) is -0.222. The number of nitrogens with one attached hydrogen (secondary N) is 1. The predicted molar refractivity (Wildman–Crippen MR) is 55.4 cm³/mol. The SMILES string of the molecule is O=C(O)CCNCc1cccc(C(F)(F)F)c1. The molecule has 0 unspecified atom stereocenters. The largest absolute Gasteiger partial charge is 0.481 e. The van der Waals surface area contributed by atoms with Gasteiger partial charge in [-0.15, -0.1) is 0 Å². The average molecular weight is 247 g/mol. The first-order valence-corrected chi connectivity index (χ1v) is 4.98. The van der Waals surface area contributed by atoms with Crippen LogP contribution in [0.15, 0.2) is 24.3 Å². The van der Waals surface area contributed by atoms with E-state index in [9.17, 15) is 18.0 Å². The number of alkyl halides is 3. The van der Waals surface area contributed by atoms with Crippen molar-refractivity contribution in [2.45, 2.75) is 19.1 Å². The molecule has 6 heteroatoms. The molecule has 0 aliphatic carbocycles. The first-order chi connectivity index (χ1) is 7.89. The third kappa shape index (κ3) is 4.86. The molecule has 3 nitrogen and oxygen atoms in total. The molecule has 1 aromatic rings. The van der Waals surface area contributed by atoms with Gasteiger partial charge in [-0.1, -0.05) is 18.2 Å². The first-order valence-electron chi connectivity index (χ1n) is 4.98. The molecular weight excluding hydrogens is 235 g/mol. The van der Waals surface area contributed by atoms with E-state index in [0.717, 1.165) is 12.1 Å². The summed E-state index contributed by atoms with van der Waals surface area (Å²) in [5.74, 6) is -0.943. The van der Waals surface area contributed by atoms with E-state index in [1.165, 1.54) is 6.07 Å². The second kappa shape index (κ2) is 5.67. The Balaban J connectivity index is 2.52. The van der Waals surface area contributed by atoms with E-state index in [0.29, 0.717) is 5.56 Å².